The molecule has 3 heterocycles. The molecule has 3 heteroatoms. The predicted octanol–water partition coefficient (Wildman–Crippen LogP) is 12.9. The molecule has 0 atom stereocenters. The molecule has 8 aromatic carbocycles. The number of rotatable bonds is 3. The molecule has 0 unspecified atom stereocenters. The summed E-state index contributed by atoms with van der Waals surface area (Å²) in [5, 5.41) is 13.0. The Balaban J connectivity index is 1.05. The SMILES string of the molecule is c1ccc2cc3nc(-c4ccc5cc(-c6c7ccccc7c(-c7ccc8cc9ccccc9cc8n7)c7ccccc67)ccc5n4)ccc3cc2c1. The minimum absolute atomic E-state index is 0.867. The van der Waals surface area contributed by atoms with Crippen LogP contribution >= 0.6 is 0 Å². The second kappa shape index (κ2) is 11.3. The third-order valence-electron chi connectivity index (χ3n) is 10.5. The molecule has 0 aliphatic rings. The van der Waals surface area contributed by atoms with Crippen LogP contribution in [-0.2, 0) is 0 Å². The van der Waals surface area contributed by atoms with Crippen molar-refractivity contribution in [3.63, 3.8) is 0 Å². The van der Waals surface area contributed by atoms with E-state index in [9.17, 15) is 0 Å². The number of pyridine rings is 3. The Kier molecular flexibility index (Phi) is 6.25. The highest BCUT2D eigenvalue weighted by molar-refractivity contribution is 6.21. The van der Waals surface area contributed by atoms with Gasteiger partial charge < -0.3 is 0 Å². The zero-order chi connectivity index (χ0) is 34.2. The lowest BCUT2D eigenvalue weighted by Crippen LogP contribution is -1.93. The van der Waals surface area contributed by atoms with Crippen LogP contribution in [0.15, 0.2) is 176 Å². The molecule has 0 saturated carbocycles. The van der Waals surface area contributed by atoms with Gasteiger partial charge in [0.2, 0.25) is 0 Å². The second-order valence-electron chi connectivity index (χ2n) is 13.6. The van der Waals surface area contributed by atoms with E-state index in [0.717, 1.165) is 60.9 Å². The van der Waals surface area contributed by atoms with Crippen LogP contribution in [0, 0.1) is 0 Å². The lowest BCUT2D eigenvalue weighted by atomic mass is 9.87. The van der Waals surface area contributed by atoms with E-state index in [2.05, 4.69) is 176 Å². The van der Waals surface area contributed by atoms with Crippen molar-refractivity contribution < 1.29 is 0 Å². The van der Waals surface area contributed by atoms with E-state index in [1.807, 2.05) is 0 Å². The highest BCUT2D eigenvalue weighted by atomic mass is 14.8. The Bertz CT molecular complexity index is 3200. The first-order chi connectivity index (χ1) is 25.7. The normalized spacial score (nSPS) is 11.8. The summed E-state index contributed by atoms with van der Waals surface area (Å²) in [5.41, 5.74) is 9.18. The number of nitrogens with zero attached hydrogens (tertiary/aromatic N) is 3. The van der Waals surface area contributed by atoms with Crippen molar-refractivity contribution in [2.45, 2.75) is 0 Å². The summed E-state index contributed by atoms with van der Waals surface area (Å²) in [5.74, 6) is 0. The molecule has 0 spiro atoms. The fourth-order valence-corrected chi connectivity index (χ4v) is 8.04. The summed E-state index contributed by atoms with van der Waals surface area (Å²) in [7, 11) is 0. The number of fused-ring (bicyclic) bond motifs is 7. The van der Waals surface area contributed by atoms with Crippen molar-refractivity contribution >= 4 is 75.8 Å². The molecule has 0 aliphatic heterocycles. The summed E-state index contributed by atoms with van der Waals surface area (Å²) in [6.45, 7) is 0. The molecule has 11 rings (SSSR count). The molecular formula is C49H29N3. The van der Waals surface area contributed by atoms with E-state index in [1.165, 1.54) is 48.7 Å². The van der Waals surface area contributed by atoms with Crippen molar-refractivity contribution in [3.8, 4) is 33.8 Å². The fraction of sp³-hybridized carbons (Fsp3) is 0. The summed E-state index contributed by atoms with van der Waals surface area (Å²) >= 11 is 0. The zero-order valence-electron chi connectivity index (χ0n) is 28.1. The molecule has 0 fully saturated rings. The van der Waals surface area contributed by atoms with Gasteiger partial charge in [-0.2, -0.15) is 0 Å². The van der Waals surface area contributed by atoms with Gasteiger partial charge in [-0.25, -0.2) is 15.0 Å². The minimum Gasteiger partial charge on any atom is -0.248 e. The first-order valence-electron chi connectivity index (χ1n) is 17.7. The van der Waals surface area contributed by atoms with Gasteiger partial charge in [-0.15, -0.1) is 0 Å². The lowest BCUT2D eigenvalue weighted by molar-refractivity contribution is 1.32. The Morgan fingerprint density at radius 2 is 0.654 bits per heavy atom. The van der Waals surface area contributed by atoms with Gasteiger partial charge in [-0.1, -0.05) is 121 Å². The fourth-order valence-electron chi connectivity index (χ4n) is 8.04. The third kappa shape index (κ3) is 4.57. The quantitative estimate of drug-likeness (QED) is 0.177. The van der Waals surface area contributed by atoms with Crippen LogP contribution < -0.4 is 0 Å². The van der Waals surface area contributed by atoms with Gasteiger partial charge in [-0.05, 0) is 109 Å². The van der Waals surface area contributed by atoms with E-state index in [4.69, 9.17) is 15.0 Å². The summed E-state index contributed by atoms with van der Waals surface area (Å²) in [6, 6.07) is 62.8. The van der Waals surface area contributed by atoms with Gasteiger partial charge in [0.05, 0.1) is 33.6 Å². The predicted molar refractivity (Wildman–Crippen MR) is 219 cm³/mol. The molecule has 0 aliphatic carbocycles. The number of hydrogen-bond acceptors (Lipinski definition) is 3. The number of benzene rings is 8. The van der Waals surface area contributed by atoms with Crippen LogP contribution in [0.3, 0.4) is 0 Å². The van der Waals surface area contributed by atoms with Gasteiger partial charge in [0.25, 0.3) is 0 Å². The van der Waals surface area contributed by atoms with Crippen molar-refractivity contribution in [3.05, 3.63) is 176 Å². The van der Waals surface area contributed by atoms with Gasteiger partial charge in [0.15, 0.2) is 0 Å². The first-order valence-corrected chi connectivity index (χ1v) is 17.7. The molecule has 11 aromatic rings. The van der Waals surface area contributed by atoms with Crippen LogP contribution in [0.5, 0.6) is 0 Å². The van der Waals surface area contributed by atoms with Crippen molar-refractivity contribution in [1.29, 1.82) is 0 Å². The van der Waals surface area contributed by atoms with Crippen molar-refractivity contribution in [2.75, 3.05) is 0 Å². The smallest absolute Gasteiger partial charge is 0.0894 e. The van der Waals surface area contributed by atoms with Gasteiger partial charge in [0.1, 0.15) is 0 Å². The molecule has 240 valence electrons. The number of aromatic nitrogens is 3. The van der Waals surface area contributed by atoms with Crippen molar-refractivity contribution in [2.24, 2.45) is 0 Å². The average molecular weight is 660 g/mol. The third-order valence-corrected chi connectivity index (χ3v) is 10.5. The molecule has 0 saturated heterocycles. The molecule has 3 nitrogen and oxygen atoms in total. The Morgan fingerprint density at radius 3 is 1.19 bits per heavy atom. The van der Waals surface area contributed by atoms with Gasteiger partial charge in [0, 0.05) is 21.7 Å². The van der Waals surface area contributed by atoms with E-state index in [0.29, 0.717) is 0 Å². The zero-order valence-corrected chi connectivity index (χ0v) is 28.1. The van der Waals surface area contributed by atoms with E-state index in [-0.39, 0.29) is 0 Å². The lowest BCUT2D eigenvalue weighted by Gasteiger charge is -2.18. The molecule has 52 heavy (non-hydrogen) atoms. The molecule has 0 N–H and O–H groups in total. The standard InChI is InChI=1S/C49H29N3/c1-3-11-32-28-46-35(25-30(32)9-1)18-23-44(51-46)43-22-17-34-27-37(20-21-42(34)50-43)48-38-13-5-7-15-40(38)49(41-16-8-6-14-39(41)48)45-24-19-36-26-31-10-2-4-12-33(31)29-47(36)52-45/h1-29H. The maximum atomic E-state index is 5.29. The van der Waals surface area contributed by atoms with E-state index in [1.54, 1.807) is 0 Å². The van der Waals surface area contributed by atoms with Crippen molar-refractivity contribution in [1.82, 2.24) is 15.0 Å². The molecular weight excluding hydrogens is 631 g/mol. The summed E-state index contributed by atoms with van der Waals surface area (Å²) < 4.78 is 0. The van der Waals surface area contributed by atoms with Crippen LogP contribution in [0.2, 0.25) is 0 Å². The monoisotopic (exact) mass is 659 g/mol. The average Bonchev–Trinajstić information content (AvgIpc) is 3.20. The van der Waals surface area contributed by atoms with Crippen LogP contribution in [-0.4, -0.2) is 15.0 Å². The first kappa shape index (κ1) is 28.8. The Labute approximate surface area is 299 Å². The molecule has 0 radical (unpaired) electrons. The van der Waals surface area contributed by atoms with Crippen LogP contribution in [0.25, 0.3) is 110 Å². The Morgan fingerprint density at radius 1 is 0.250 bits per heavy atom. The highest BCUT2D eigenvalue weighted by Crippen LogP contribution is 2.44. The maximum Gasteiger partial charge on any atom is 0.0894 e. The molecule has 3 aromatic heterocycles. The number of hydrogen-bond donors (Lipinski definition) is 0. The molecule has 0 bridgehead atoms. The second-order valence-corrected chi connectivity index (χ2v) is 13.6. The minimum atomic E-state index is 0.867. The highest BCUT2D eigenvalue weighted by Gasteiger charge is 2.18. The maximum absolute atomic E-state index is 5.29. The summed E-state index contributed by atoms with van der Waals surface area (Å²) in [6.07, 6.45) is 0. The summed E-state index contributed by atoms with van der Waals surface area (Å²) in [4.78, 5) is 15.4. The Hall–Kier alpha value is -6.97. The van der Waals surface area contributed by atoms with E-state index >= 15 is 0 Å². The van der Waals surface area contributed by atoms with Crippen LogP contribution in [0.4, 0.5) is 0 Å². The topological polar surface area (TPSA) is 38.7 Å². The van der Waals surface area contributed by atoms with Gasteiger partial charge >= 0.3 is 0 Å². The van der Waals surface area contributed by atoms with Gasteiger partial charge in [-0.3, -0.25) is 0 Å². The van der Waals surface area contributed by atoms with E-state index < -0.39 is 0 Å². The molecule has 0 amide bonds. The largest absolute Gasteiger partial charge is 0.248 e. The van der Waals surface area contributed by atoms with Crippen LogP contribution in [0.1, 0.15) is 0 Å².